The molecular weight excluding hydrogens is 412 g/mol. The van der Waals surface area contributed by atoms with Crippen molar-refractivity contribution in [1.82, 2.24) is 15.2 Å². The van der Waals surface area contributed by atoms with Gasteiger partial charge in [-0.25, -0.2) is 4.98 Å². The minimum Gasteiger partial charge on any atom is -0.485 e. The van der Waals surface area contributed by atoms with E-state index in [1.165, 1.54) is 18.7 Å². The van der Waals surface area contributed by atoms with E-state index in [-0.39, 0.29) is 24.1 Å². The van der Waals surface area contributed by atoms with Gasteiger partial charge in [0, 0.05) is 16.3 Å². The molecule has 9 heteroatoms. The first kappa shape index (κ1) is 20.9. The van der Waals surface area contributed by atoms with E-state index in [1.807, 2.05) is 13.0 Å². The van der Waals surface area contributed by atoms with Crippen LogP contribution in [0.3, 0.4) is 0 Å². The highest BCUT2D eigenvalue weighted by Gasteiger charge is 2.10. The molecule has 0 bridgehead atoms. The van der Waals surface area contributed by atoms with Gasteiger partial charge in [0.15, 0.2) is 11.6 Å². The average molecular weight is 431 g/mol. The summed E-state index contributed by atoms with van der Waals surface area (Å²) in [5, 5.41) is 10.8. The van der Waals surface area contributed by atoms with Crippen LogP contribution in [0, 0.1) is 6.92 Å². The molecule has 0 aliphatic rings. The van der Waals surface area contributed by atoms with Gasteiger partial charge in [0.1, 0.15) is 12.4 Å². The van der Waals surface area contributed by atoms with E-state index >= 15 is 0 Å². The number of H-pyrrole nitrogens is 1. The Bertz CT molecular complexity index is 1020. The van der Waals surface area contributed by atoms with Gasteiger partial charge in [0.05, 0.1) is 5.75 Å². The molecule has 0 spiro atoms. The largest absolute Gasteiger partial charge is 0.485 e. The second-order valence-electron chi connectivity index (χ2n) is 6.23. The topological polar surface area (TPSA) is 97.0 Å². The maximum Gasteiger partial charge on any atom is 0.234 e. The molecule has 0 atom stereocenters. The molecule has 0 saturated heterocycles. The molecule has 29 heavy (non-hydrogen) atoms. The number of nitrogens with one attached hydrogen (secondary N) is 2. The number of aromatic nitrogens is 3. The number of aryl methyl sites for hydroxylation is 1. The number of thioether (sulfide) groups is 1. The lowest BCUT2D eigenvalue weighted by Gasteiger charge is -2.07. The fraction of sp³-hybridized carbons (Fsp3) is 0.200. The Hall–Kier alpha value is -2.84. The minimum absolute atomic E-state index is 0.0194. The fourth-order valence-corrected chi connectivity index (χ4v) is 3.29. The van der Waals surface area contributed by atoms with Crippen LogP contribution in [0.25, 0.3) is 0 Å². The van der Waals surface area contributed by atoms with E-state index in [9.17, 15) is 9.59 Å². The van der Waals surface area contributed by atoms with Gasteiger partial charge >= 0.3 is 0 Å². The maximum atomic E-state index is 12.1. The number of carbonyl (C=O) groups excluding carboxylic acids is 2. The zero-order chi connectivity index (χ0) is 20.8. The second kappa shape index (κ2) is 9.58. The van der Waals surface area contributed by atoms with Crippen LogP contribution in [0.2, 0.25) is 5.02 Å². The number of ketones is 1. The van der Waals surface area contributed by atoms with Gasteiger partial charge in [-0.05, 0) is 61.9 Å². The molecule has 150 valence electrons. The van der Waals surface area contributed by atoms with Gasteiger partial charge in [-0.15, -0.1) is 5.10 Å². The molecule has 0 aliphatic carbocycles. The molecule has 3 rings (SSSR count). The number of amides is 1. The van der Waals surface area contributed by atoms with Crippen molar-refractivity contribution in [2.75, 3.05) is 11.1 Å². The lowest BCUT2D eigenvalue weighted by Crippen LogP contribution is -2.14. The Balaban J connectivity index is 1.47. The summed E-state index contributed by atoms with van der Waals surface area (Å²) in [6.07, 6.45) is 0. The number of nitrogens with zero attached hydrogens (tertiary/aromatic N) is 2. The minimum atomic E-state index is -0.190. The normalized spacial score (nSPS) is 10.6. The van der Waals surface area contributed by atoms with E-state index in [2.05, 4.69) is 20.5 Å². The number of aromatic amines is 1. The Morgan fingerprint density at radius 3 is 2.66 bits per heavy atom. The van der Waals surface area contributed by atoms with E-state index < -0.39 is 0 Å². The van der Waals surface area contributed by atoms with Crippen molar-refractivity contribution in [2.24, 2.45) is 0 Å². The summed E-state index contributed by atoms with van der Waals surface area (Å²) in [6, 6.07) is 12.1. The Kier molecular flexibility index (Phi) is 6.90. The number of halogens is 1. The molecule has 3 aromatic rings. The van der Waals surface area contributed by atoms with E-state index in [0.717, 1.165) is 11.3 Å². The monoisotopic (exact) mass is 430 g/mol. The smallest absolute Gasteiger partial charge is 0.234 e. The van der Waals surface area contributed by atoms with Gasteiger partial charge < -0.3 is 10.1 Å². The van der Waals surface area contributed by atoms with Crippen LogP contribution in [0.4, 0.5) is 5.69 Å². The molecule has 0 radical (unpaired) electrons. The highest BCUT2D eigenvalue weighted by molar-refractivity contribution is 7.99. The highest BCUT2D eigenvalue weighted by atomic mass is 35.5. The summed E-state index contributed by atoms with van der Waals surface area (Å²) in [6.45, 7) is 3.64. The lowest BCUT2D eigenvalue weighted by molar-refractivity contribution is -0.113. The van der Waals surface area contributed by atoms with Gasteiger partial charge in [-0.2, -0.15) is 0 Å². The van der Waals surface area contributed by atoms with Crippen molar-refractivity contribution in [3.63, 3.8) is 0 Å². The summed E-state index contributed by atoms with van der Waals surface area (Å²) < 4.78 is 5.72. The van der Waals surface area contributed by atoms with E-state index in [0.29, 0.717) is 27.3 Å². The first-order chi connectivity index (χ1) is 13.9. The van der Waals surface area contributed by atoms with Crippen molar-refractivity contribution >= 4 is 40.7 Å². The molecule has 1 amide bonds. The number of benzene rings is 2. The number of hydrogen-bond acceptors (Lipinski definition) is 6. The summed E-state index contributed by atoms with van der Waals surface area (Å²) in [7, 11) is 0. The van der Waals surface area contributed by atoms with Gasteiger partial charge in [-0.3, -0.25) is 14.7 Å². The highest BCUT2D eigenvalue weighted by Crippen LogP contribution is 2.22. The Labute approximate surface area is 177 Å². The third-order valence-electron chi connectivity index (χ3n) is 3.92. The molecule has 0 fully saturated rings. The molecule has 2 N–H and O–H groups in total. The summed E-state index contributed by atoms with van der Waals surface area (Å²) >= 11 is 7.15. The number of carbonyl (C=O) groups is 2. The average Bonchev–Trinajstić information content (AvgIpc) is 3.14. The molecule has 2 aromatic carbocycles. The van der Waals surface area contributed by atoms with Crippen LogP contribution in [0.15, 0.2) is 47.6 Å². The third-order valence-corrected chi connectivity index (χ3v) is 5.00. The molecule has 0 saturated carbocycles. The summed E-state index contributed by atoms with van der Waals surface area (Å²) in [5.41, 5.74) is 2.16. The van der Waals surface area contributed by atoms with Crippen LogP contribution >= 0.6 is 23.4 Å². The number of ether oxygens (including phenoxy) is 1. The van der Waals surface area contributed by atoms with Gasteiger partial charge in [0.25, 0.3) is 0 Å². The second-order valence-corrected chi connectivity index (χ2v) is 7.61. The molecule has 7 nitrogen and oxygen atoms in total. The predicted octanol–water partition coefficient (Wildman–Crippen LogP) is 4.28. The van der Waals surface area contributed by atoms with Crippen molar-refractivity contribution in [3.8, 4) is 5.75 Å². The summed E-state index contributed by atoms with van der Waals surface area (Å²) in [4.78, 5) is 27.7. The zero-order valence-electron chi connectivity index (χ0n) is 15.9. The number of anilines is 1. The first-order valence-corrected chi connectivity index (χ1v) is 10.1. The fourth-order valence-electron chi connectivity index (χ4n) is 2.44. The van der Waals surface area contributed by atoms with Gasteiger partial charge in [0.2, 0.25) is 11.1 Å². The van der Waals surface area contributed by atoms with E-state index in [4.69, 9.17) is 16.3 Å². The Morgan fingerprint density at radius 2 is 1.97 bits per heavy atom. The van der Waals surface area contributed by atoms with Crippen molar-refractivity contribution in [3.05, 3.63) is 64.4 Å². The predicted molar refractivity (Wildman–Crippen MR) is 113 cm³/mol. The summed E-state index contributed by atoms with van der Waals surface area (Å²) in [5.74, 6) is 1.22. The number of Topliss-reactive ketones (excluding diaryl/α,β-unsaturated/α-hetero) is 1. The number of rotatable bonds is 8. The van der Waals surface area contributed by atoms with Crippen molar-refractivity contribution in [2.45, 2.75) is 25.6 Å². The van der Waals surface area contributed by atoms with Crippen LogP contribution in [-0.4, -0.2) is 32.6 Å². The molecular formula is C20H19ClN4O3S. The zero-order valence-corrected chi connectivity index (χ0v) is 17.4. The SMILES string of the molecule is CC(=O)c1ccc(NC(=O)CSc2n[nH]c(COc3ccc(Cl)cc3C)n2)cc1. The maximum absolute atomic E-state index is 12.1. The van der Waals surface area contributed by atoms with Crippen molar-refractivity contribution in [1.29, 1.82) is 0 Å². The molecule has 0 unspecified atom stereocenters. The standard InChI is InChI=1S/C20H19ClN4O3S/c1-12-9-15(21)5-8-17(12)28-10-18-23-20(25-24-18)29-11-19(27)22-16-6-3-14(4-7-16)13(2)26/h3-9H,10-11H2,1-2H3,(H,22,27)(H,23,24,25). The molecule has 1 aromatic heterocycles. The molecule has 1 heterocycles. The Morgan fingerprint density at radius 1 is 1.21 bits per heavy atom. The van der Waals surface area contributed by atoms with Crippen LogP contribution in [0.5, 0.6) is 5.75 Å². The van der Waals surface area contributed by atoms with Crippen molar-refractivity contribution < 1.29 is 14.3 Å². The van der Waals surface area contributed by atoms with E-state index in [1.54, 1.807) is 36.4 Å². The third kappa shape index (κ3) is 6.07. The number of hydrogen-bond donors (Lipinski definition) is 2. The van der Waals surface area contributed by atoms with Crippen LogP contribution < -0.4 is 10.1 Å². The lowest BCUT2D eigenvalue weighted by atomic mass is 10.1. The molecule has 0 aliphatic heterocycles. The van der Waals surface area contributed by atoms with Gasteiger partial charge in [-0.1, -0.05) is 23.4 Å². The quantitative estimate of drug-likeness (QED) is 0.409. The van der Waals surface area contributed by atoms with Crippen LogP contribution in [-0.2, 0) is 11.4 Å². The van der Waals surface area contributed by atoms with Crippen LogP contribution in [0.1, 0.15) is 28.7 Å². The first-order valence-electron chi connectivity index (χ1n) is 8.74.